The zero-order valence-electron chi connectivity index (χ0n) is 10.9. The van der Waals surface area contributed by atoms with Gasteiger partial charge in [0, 0.05) is 10.0 Å². The van der Waals surface area contributed by atoms with Gasteiger partial charge in [-0.1, -0.05) is 35.3 Å². The fourth-order valence-corrected chi connectivity index (χ4v) is 2.38. The van der Waals surface area contributed by atoms with Crippen molar-refractivity contribution >= 4 is 23.2 Å². The maximum atomic E-state index is 9.39. The molecule has 1 unspecified atom stereocenters. The Morgan fingerprint density at radius 2 is 1.75 bits per heavy atom. The summed E-state index contributed by atoms with van der Waals surface area (Å²) in [4.78, 5) is 0. The molecule has 0 radical (unpaired) electrons. The molecule has 0 aromatic heterocycles. The highest BCUT2D eigenvalue weighted by molar-refractivity contribution is 6.30. The molecule has 0 heterocycles. The van der Waals surface area contributed by atoms with E-state index in [1.165, 1.54) is 0 Å². The van der Waals surface area contributed by atoms with Crippen LogP contribution < -0.4 is 4.74 Å². The smallest absolute Gasteiger partial charge is 0.122 e. The highest BCUT2D eigenvalue weighted by Gasteiger charge is 2.14. The monoisotopic (exact) mass is 305 g/mol. The van der Waals surface area contributed by atoms with Gasteiger partial charge in [0.15, 0.2) is 0 Å². The minimum Gasteiger partial charge on any atom is -0.496 e. The number of benzene rings is 2. The fourth-order valence-electron chi connectivity index (χ4n) is 2.06. The average molecular weight is 306 g/mol. The molecule has 2 aromatic rings. The molecule has 0 aliphatic rings. The van der Waals surface area contributed by atoms with Gasteiger partial charge in [-0.2, -0.15) is 5.26 Å². The van der Waals surface area contributed by atoms with Crippen LogP contribution in [0.3, 0.4) is 0 Å². The van der Waals surface area contributed by atoms with Gasteiger partial charge in [-0.15, -0.1) is 0 Å². The SMILES string of the molecule is COc1ccc(Cl)cc1CC(C#N)c1ccc(Cl)cc1. The van der Waals surface area contributed by atoms with E-state index in [-0.39, 0.29) is 5.92 Å². The van der Waals surface area contributed by atoms with Crippen LogP contribution in [-0.4, -0.2) is 7.11 Å². The van der Waals surface area contributed by atoms with Crippen LogP contribution in [0.15, 0.2) is 42.5 Å². The van der Waals surface area contributed by atoms with Crippen LogP contribution in [0.25, 0.3) is 0 Å². The van der Waals surface area contributed by atoms with Gasteiger partial charge in [0.25, 0.3) is 0 Å². The number of nitrogens with zero attached hydrogens (tertiary/aromatic N) is 1. The average Bonchev–Trinajstić information content (AvgIpc) is 2.46. The second-order valence-corrected chi connectivity index (χ2v) is 5.27. The third-order valence-electron chi connectivity index (χ3n) is 3.09. The van der Waals surface area contributed by atoms with E-state index < -0.39 is 0 Å². The van der Waals surface area contributed by atoms with E-state index in [1.807, 2.05) is 24.3 Å². The van der Waals surface area contributed by atoms with Gasteiger partial charge in [-0.25, -0.2) is 0 Å². The Hall–Kier alpha value is -1.69. The molecule has 0 spiro atoms. The van der Waals surface area contributed by atoms with Crippen LogP contribution in [0.4, 0.5) is 0 Å². The predicted molar refractivity (Wildman–Crippen MR) is 81.5 cm³/mol. The number of ether oxygens (including phenoxy) is 1. The summed E-state index contributed by atoms with van der Waals surface area (Å²) in [5, 5.41) is 10.7. The van der Waals surface area contributed by atoms with Crippen molar-refractivity contribution in [3.8, 4) is 11.8 Å². The molecule has 0 aliphatic heterocycles. The molecular weight excluding hydrogens is 293 g/mol. The zero-order chi connectivity index (χ0) is 14.5. The molecule has 0 saturated carbocycles. The van der Waals surface area contributed by atoms with Crippen LogP contribution in [0.2, 0.25) is 10.0 Å². The van der Waals surface area contributed by atoms with Crippen molar-refractivity contribution in [2.75, 3.05) is 7.11 Å². The summed E-state index contributed by atoms with van der Waals surface area (Å²) in [6.45, 7) is 0. The molecule has 0 N–H and O–H groups in total. The number of rotatable bonds is 4. The van der Waals surface area contributed by atoms with Crippen LogP contribution in [-0.2, 0) is 6.42 Å². The molecule has 0 fully saturated rings. The Labute approximate surface area is 128 Å². The predicted octanol–water partition coefficient (Wildman–Crippen LogP) is 4.85. The molecule has 0 aliphatic carbocycles. The van der Waals surface area contributed by atoms with E-state index >= 15 is 0 Å². The number of halogens is 2. The zero-order valence-corrected chi connectivity index (χ0v) is 12.4. The van der Waals surface area contributed by atoms with Crippen LogP contribution in [0, 0.1) is 11.3 Å². The fraction of sp³-hybridized carbons (Fsp3) is 0.188. The number of methoxy groups -OCH3 is 1. The summed E-state index contributed by atoms with van der Waals surface area (Å²) in [5.41, 5.74) is 1.85. The Kier molecular flexibility index (Phi) is 4.89. The van der Waals surface area contributed by atoms with Gasteiger partial charge in [0.1, 0.15) is 5.75 Å². The van der Waals surface area contributed by atoms with Gasteiger partial charge in [0.2, 0.25) is 0 Å². The second kappa shape index (κ2) is 6.65. The highest BCUT2D eigenvalue weighted by Crippen LogP contribution is 2.29. The molecule has 2 aromatic carbocycles. The number of hydrogen-bond donors (Lipinski definition) is 0. The maximum Gasteiger partial charge on any atom is 0.122 e. The lowest BCUT2D eigenvalue weighted by Crippen LogP contribution is -2.02. The van der Waals surface area contributed by atoms with Crippen molar-refractivity contribution in [3.63, 3.8) is 0 Å². The van der Waals surface area contributed by atoms with Gasteiger partial charge < -0.3 is 4.74 Å². The first kappa shape index (κ1) is 14.7. The molecule has 20 heavy (non-hydrogen) atoms. The third kappa shape index (κ3) is 3.45. The van der Waals surface area contributed by atoms with Gasteiger partial charge in [0.05, 0.1) is 19.1 Å². The quantitative estimate of drug-likeness (QED) is 0.808. The maximum absolute atomic E-state index is 9.39. The van der Waals surface area contributed by atoms with Crippen molar-refractivity contribution in [3.05, 3.63) is 63.6 Å². The summed E-state index contributed by atoms with van der Waals surface area (Å²) in [7, 11) is 1.61. The first-order valence-electron chi connectivity index (χ1n) is 6.11. The minimum absolute atomic E-state index is 0.264. The summed E-state index contributed by atoms with van der Waals surface area (Å²) in [6.07, 6.45) is 0.544. The molecule has 2 nitrogen and oxygen atoms in total. The van der Waals surface area contributed by atoms with Crippen LogP contribution >= 0.6 is 23.2 Å². The topological polar surface area (TPSA) is 33.0 Å². The Morgan fingerprint density at radius 3 is 2.35 bits per heavy atom. The van der Waals surface area contributed by atoms with Crippen molar-refractivity contribution in [1.29, 1.82) is 5.26 Å². The first-order valence-corrected chi connectivity index (χ1v) is 6.87. The van der Waals surface area contributed by atoms with Crippen molar-refractivity contribution in [1.82, 2.24) is 0 Å². The summed E-state index contributed by atoms with van der Waals surface area (Å²) in [5.74, 6) is 0.475. The lowest BCUT2D eigenvalue weighted by Gasteiger charge is -2.13. The van der Waals surface area contributed by atoms with E-state index in [1.54, 1.807) is 25.3 Å². The van der Waals surface area contributed by atoms with E-state index in [0.29, 0.717) is 16.5 Å². The normalized spacial score (nSPS) is 11.7. The molecule has 0 amide bonds. The van der Waals surface area contributed by atoms with Crippen molar-refractivity contribution in [2.45, 2.75) is 12.3 Å². The summed E-state index contributed by atoms with van der Waals surface area (Å²) in [6, 6.07) is 15.0. The van der Waals surface area contributed by atoms with Gasteiger partial charge >= 0.3 is 0 Å². The molecular formula is C16H13Cl2NO. The van der Waals surface area contributed by atoms with E-state index in [4.69, 9.17) is 27.9 Å². The highest BCUT2D eigenvalue weighted by atomic mass is 35.5. The lowest BCUT2D eigenvalue weighted by molar-refractivity contribution is 0.409. The minimum atomic E-state index is -0.264. The van der Waals surface area contributed by atoms with Crippen LogP contribution in [0.1, 0.15) is 17.0 Å². The third-order valence-corrected chi connectivity index (χ3v) is 3.58. The van der Waals surface area contributed by atoms with E-state index in [0.717, 1.165) is 16.9 Å². The van der Waals surface area contributed by atoms with Crippen molar-refractivity contribution in [2.24, 2.45) is 0 Å². The second-order valence-electron chi connectivity index (χ2n) is 4.39. The molecule has 1 atom stereocenters. The van der Waals surface area contributed by atoms with E-state index in [9.17, 15) is 5.26 Å². The molecule has 0 saturated heterocycles. The standard InChI is InChI=1S/C16H13Cl2NO/c1-20-16-7-6-15(18)9-12(16)8-13(10-19)11-2-4-14(17)5-3-11/h2-7,9,13H,8H2,1H3. The largest absolute Gasteiger partial charge is 0.496 e. The molecule has 102 valence electrons. The lowest BCUT2D eigenvalue weighted by atomic mass is 9.93. The summed E-state index contributed by atoms with van der Waals surface area (Å²) < 4.78 is 5.31. The number of nitriles is 1. The molecule has 0 bridgehead atoms. The first-order chi connectivity index (χ1) is 9.63. The molecule has 4 heteroatoms. The van der Waals surface area contributed by atoms with Gasteiger partial charge in [-0.3, -0.25) is 0 Å². The number of hydrogen-bond acceptors (Lipinski definition) is 2. The van der Waals surface area contributed by atoms with Crippen molar-refractivity contribution < 1.29 is 4.74 Å². The van der Waals surface area contributed by atoms with Gasteiger partial charge in [-0.05, 0) is 47.9 Å². The Bertz CT molecular complexity index is 632. The summed E-state index contributed by atoms with van der Waals surface area (Å²) >= 11 is 11.9. The Balaban J connectivity index is 2.29. The van der Waals surface area contributed by atoms with Crippen LogP contribution in [0.5, 0.6) is 5.75 Å². The molecule has 2 rings (SSSR count). The Morgan fingerprint density at radius 1 is 1.10 bits per heavy atom. The van der Waals surface area contributed by atoms with E-state index in [2.05, 4.69) is 6.07 Å².